The molecule has 4 rings (SSSR count). The van der Waals surface area contributed by atoms with E-state index in [0.29, 0.717) is 0 Å². The van der Waals surface area contributed by atoms with Gasteiger partial charge in [-0.1, -0.05) is 23.9 Å². The first-order valence-corrected chi connectivity index (χ1v) is 7.03. The van der Waals surface area contributed by atoms with Gasteiger partial charge >= 0.3 is 0 Å². The number of fused-ring (bicyclic) bond motifs is 2. The summed E-state index contributed by atoms with van der Waals surface area (Å²) >= 11 is 1.82. The monoisotopic (exact) mass is 264 g/mol. The standard InChI is InChI=1S/C16H12N2S/c1-3-9-17-11-7-15(13(17)5-1)19-16-8-12-18-10-4-2-6-14(16)18/h1-12H. The molecule has 2 nitrogen and oxygen atoms in total. The van der Waals surface area contributed by atoms with Gasteiger partial charge in [0.15, 0.2) is 0 Å². The number of hydrogen-bond acceptors (Lipinski definition) is 1. The highest BCUT2D eigenvalue weighted by molar-refractivity contribution is 7.99. The molecule has 0 saturated heterocycles. The number of rotatable bonds is 2. The number of aromatic nitrogens is 2. The molecule has 0 aliphatic heterocycles. The Morgan fingerprint density at radius 3 is 1.63 bits per heavy atom. The number of pyridine rings is 2. The van der Waals surface area contributed by atoms with E-state index in [1.807, 2.05) is 11.8 Å². The van der Waals surface area contributed by atoms with E-state index in [0.717, 1.165) is 0 Å². The summed E-state index contributed by atoms with van der Waals surface area (Å²) in [6.45, 7) is 0. The quantitative estimate of drug-likeness (QED) is 0.523. The Kier molecular flexibility index (Phi) is 2.38. The lowest BCUT2D eigenvalue weighted by Gasteiger charge is -2.00. The first-order valence-electron chi connectivity index (χ1n) is 6.21. The summed E-state index contributed by atoms with van der Waals surface area (Å²) in [6.07, 6.45) is 8.38. The second-order valence-corrected chi connectivity index (χ2v) is 5.53. The normalized spacial score (nSPS) is 11.4. The Morgan fingerprint density at radius 1 is 0.579 bits per heavy atom. The van der Waals surface area contributed by atoms with Gasteiger partial charge in [-0.25, -0.2) is 0 Å². The average Bonchev–Trinajstić information content (AvgIpc) is 3.05. The lowest BCUT2D eigenvalue weighted by Crippen LogP contribution is -1.80. The van der Waals surface area contributed by atoms with Crippen molar-refractivity contribution in [1.82, 2.24) is 8.80 Å². The maximum atomic E-state index is 2.17. The van der Waals surface area contributed by atoms with Gasteiger partial charge in [-0.15, -0.1) is 0 Å². The van der Waals surface area contributed by atoms with E-state index >= 15 is 0 Å². The topological polar surface area (TPSA) is 8.82 Å². The molecule has 92 valence electrons. The minimum absolute atomic E-state index is 1.25. The van der Waals surface area contributed by atoms with E-state index in [1.54, 1.807) is 0 Å². The zero-order chi connectivity index (χ0) is 12.7. The van der Waals surface area contributed by atoms with Gasteiger partial charge in [0.25, 0.3) is 0 Å². The predicted octanol–water partition coefficient (Wildman–Crippen LogP) is 4.34. The lowest BCUT2D eigenvalue weighted by atomic mass is 10.4. The molecule has 4 heterocycles. The van der Waals surface area contributed by atoms with Crippen molar-refractivity contribution in [3.05, 3.63) is 73.3 Å². The van der Waals surface area contributed by atoms with Gasteiger partial charge in [-0.3, -0.25) is 0 Å². The maximum Gasteiger partial charge on any atom is 0.0589 e. The van der Waals surface area contributed by atoms with Crippen LogP contribution in [-0.4, -0.2) is 8.80 Å². The zero-order valence-electron chi connectivity index (χ0n) is 10.2. The van der Waals surface area contributed by atoms with E-state index < -0.39 is 0 Å². The van der Waals surface area contributed by atoms with E-state index in [-0.39, 0.29) is 0 Å². The van der Waals surface area contributed by atoms with Crippen molar-refractivity contribution in [1.29, 1.82) is 0 Å². The molecule has 4 aromatic heterocycles. The fraction of sp³-hybridized carbons (Fsp3) is 0. The molecule has 0 aliphatic carbocycles. The molecule has 0 bridgehead atoms. The minimum Gasteiger partial charge on any atom is -0.323 e. The van der Waals surface area contributed by atoms with Gasteiger partial charge in [0.05, 0.1) is 11.0 Å². The van der Waals surface area contributed by atoms with Crippen LogP contribution in [0.4, 0.5) is 0 Å². The minimum atomic E-state index is 1.25. The Labute approximate surface area is 115 Å². The first kappa shape index (κ1) is 10.8. The molecule has 0 radical (unpaired) electrons. The van der Waals surface area contributed by atoms with Crippen molar-refractivity contribution in [2.24, 2.45) is 0 Å². The summed E-state index contributed by atoms with van der Waals surface area (Å²) < 4.78 is 4.31. The summed E-state index contributed by atoms with van der Waals surface area (Å²) in [5, 5.41) is 0. The zero-order valence-corrected chi connectivity index (χ0v) is 11.0. The van der Waals surface area contributed by atoms with Crippen LogP contribution >= 0.6 is 11.8 Å². The van der Waals surface area contributed by atoms with Crippen LogP contribution in [0.25, 0.3) is 11.0 Å². The van der Waals surface area contributed by atoms with Crippen LogP contribution in [0.2, 0.25) is 0 Å². The van der Waals surface area contributed by atoms with Gasteiger partial charge in [0.1, 0.15) is 0 Å². The molecule has 0 amide bonds. The highest BCUT2D eigenvalue weighted by atomic mass is 32.2. The van der Waals surface area contributed by atoms with Crippen molar-refractivity contribution in [2.75, 3.05) is 0 Å². The predicted molar refractivity (Wildman–Crippen MR) is 78.9 cm³/mol. The maximum absolute atomic E-state index is 2.17. The van der Waals surface area contributed by atoms with Crippen LogP contribution in [0.3, 0.4) is 0 Å². The largest absolute Gasteiger partial charge is 0.323 e. The highest BCUT2D eigenvalue weighted by Crippen LogP contribution is 2.34. The Balaban J connectivity index is 1.82. The second-order valence-electron chi connectivity index (χ2n) is 4.45. The molecule has 0 fully saturated rings. The fourth-order valence-corrected chi connectivity index (χ4v) is 3.40. The lowest BCUT2D eigenvalue weighted by molar-refractivity contribution is 1.19. The summed E-state index contributed by atoms with van der Waals surface area (Å²) in [4.78, 5) is 2.58. The van der Waals surface area contributed by atoms with Gasteiger partial charge < -0.3 is 8.80 Å². The van der Waals surface area contributed by atoms with Crippen LogP contribution in [0.15, 0.2) is 83.1 Å². The molecule has 0 unspecified atom stereocenters. The molecule has 0 saturated carbocycles. The van der Waals surface area contributed by atoms with Crippen molar-refractivity contribution in [2.45, 2.75) is 9.79 Å². The van der Waals surface area contributed by atoms with Crippen LogP contribution in [0, 0.1) is 0 Å². The molecule has 0 aliphatic rings. The van der Waals surface area contributed by atoms with Gasteiger partial charge in [-0.05, 0) is 36.4 Å². The van der Waals surface area contributed by atoms with Crippen molar-refractivity contribution in [3.63, 3.8) is 0 Å². The molecule has 0 spiro atoms. The van der Waals surface area contributed by atoms with Gasteiger partial charge in [0.2, 0.25) is 0 Å². The van der Waals surface area contributed by atoms with Crippen molar-refractivity contribution in [3.8, 4) is 0 Å². The second kappa shape index (κ2) is 4.21. The molecule has 0 aromatic carbocycles. The SMILES string of the molecule is c1ccn2ccc(Sc3ccn4ccccc34)c2c1. The third kappa shape index (κ3) is 1.74. The van der Waals surface area contributed by atoms with Gasteiger partial charge in [-0.2, -0.15) is 0 Å². The summed E-state index contributed by atoms with van der Waals surface area (Å²) in [5.41, 5.74) is 2.51. The van der Waals surface area contributed by atoms with Crippen LogP contribution in [0.1, 0.15) is 0 Å². The van der Waals surface area contributed by atoms with E-state index in [2.05, 4.69) is 82.1 Å². The Morgan fingerprint density at radius 2 is 1.11 bits per heavy atom. The third-order valence-electron chi connectivity index (χ3n) is 3.28. The summed E-state index contributed by atoms with van der Waals surface area (Å²) in [7, 11) is 0. The molecule has 3 heteroatoms. The average molecular weight is 264 g/mol. The summed E-state index contributed by atoms with van der Waals surface area (Å²) in [6, 6.07) is 16.9. The molecule has 4 aromatic rings. The van der Waals surface area contributed by atoms with E-state index in [9.17, 15) is 0 Å². The van der Waals surface area contributed by atoms with Crippen molar-refractivity contribution < 1.29 is 0 Å². The molecule has 19 heavy (non-hydrogen) atoms. The highest BCUT2D eigenvalue weighted by Gasteiger charge is 2.07. The third-order valence-corrected chi connectivity index (χ3v) is 4.41. The first-order chi connectivity index (χ1) is 9.42. The molecular formula is C16H12N2S. The van der Waals surface area contributed by atoms with Crippen LogP contribution < -0.4 is 0 Å². The van der Waals surface area contributed by atoms with Crippen LogP contribution in [-0.2, 0) is 0 Å². The fourth-order valence-electron chi connectivity index (χ4n) is 2.35. The van der Waals surface area contributed by atoms with Crippen LogP contribution in [0.5, 0.6) is 0 Å². The van der Waals surface area contributed by atoms with Gasteiger partial charge in [0, 0.05) is 34.6 Å². The number of nitrogens with zero attached hydrogens (tertiary/aromatic N) is 2. The molecular weight excluding hydrogens is 252 g/mol. The van der Waals surface area contributed by atoms with E-state index in [4.69, 9.17) is 0 Å². The Bertz CT molecular complexity index is 785. The molecule has 0 N–H and O–H groups in total. The Hall–Kier alpha value is -2.13. The molecule has 0 atom stereocenters. The smallest absolute Gasteiger partial charge is 0.0589 e. The van der Waals surface area contributed by atoms with Crippen molar-refractivity contribution >= 4 is 22.8 Å². The number of hydrogen-bond donors (Lipinski definition) is 0. The summed E-state index contributed by atoms with van der Waals surface area (Å²) in [5.74, 6) is 0. The van der Waals surface area contributed by atoms with E-state index in [1.165, 1.54) is 20.8 Å².